The van der Waals surface area contributed by atoms with Gasteiger partial charge in [0.15, 0.2) is 5.43 Å². The van der Waals surface area contributed by atoms with Gasteiger partial charge < -0.3 is 9.88 Å². The Balaban J connectivity index is 1.92. The van der Waals surface area contributed by atoms with E-state index < -0.39 is 17.9 Å². The number of nitrogens with zero attached hydrogens (tertiary/aromatic N) is 1. The summed E-state index contributed by atoms with van der Waals surface area (Å²) in [7, 11) is 1.68. The van der Waals surface area contributed by atoms with E-state index in [2.05, 4.69) is 10.6 Å². The van der Waals surface area contributed by atoms with Crippen molar-refractivity contribution in [3.05, 3.63) is 46.2 Å². The minimum absolute atomic E-state index is 0.165. The molecular formula is C16H15N3O4. The molecule has 1 saturated heterocycles. The molecule has 0 aliphatic carbocycles. The Labute approximate surface area is 131 Å². The molecule has 0 radical (unpaired) electrons. The highest BCUT2D eigenvalue weighted by Crippen LogP contribution is 2.12. The lowest BCUT2D eigenvalue weighted by Gasteiger charge is -2.22. The van der Waals surface area contributed by atoms with E-state index in [4.69, 9.17) is 0 Å². The predicted molar refractivity (Wildman–Crippen MR) is 82.8 cm³/mol. The zero-order chi connectivity index (χ0) is 16.6. The van der Waals surface area contributed by atoms with Crippen LogP contribution in [0.3, 0.4) is 0 Å². The van der Waals surface area contributed by atoms with Gasteiger partial charge in [-0.2, -0.15) is 0 Å². The second-order valence-corrected chi connectivity index (χ2v) is 5.45. The van der Waals surface area contributed by atoms with Crippen molar-refractivity contribution in [1.29, 1.82) is 0 Å². The van der Waals surface area contributed by atoms with Gasteiger partial charge >= 0.3 is 0 Å². The average molecular weight is 313 g/mol. The molecule has 1 atom stereocenters. The third-order valence-electron chi connectivity index (χ3n) is 3.94. The number of amides is 3. The van der Waals surface area contributed by atoms with Crippen molar-refractivity contribution < 1.29 is 14.4 Å². The number of hydrogen-bond donors (Lipinski definition) is 2. The van der Waals surface area contributed by atoms with Crippen molar-refractivity contribution in [3.63, 3.8) is 0 Å². The number of rotatable bonds is 2. The first-order valence-corrected chi connectivity index (χ1v) is 7.20. The molecule has 118 valence electrons. The molecule has 2 N–H and O–H groups in total. The van der Waals surface area contributed by atoms with Gasteiger partial charge in [-0.3, -0.25) is 24.5 Å². The summed E-state index contributed by atoms with van der Waals surface area (Å²) >= 11 is 0. The Bertz CT molecular complexity index is 885. The van der Waals surface area contributed by atoms with Gasteiger partial charge in [0.05, 0.1) is 5.52 Å². The van der Waals surface area contributed by atoms with Crippen molar-refractivity contribution in [2.45, 2.75) is 18.9 Å². The maximum absolute atomic E-state index is 12.4. The molecule has 1 aromatic carbocycles. The van der Waals surface area contributed by atoms with E-state index in [0.29, 0.717) is 10.9 Å². The third kappa shape index (κ3) is 2.73. The van der Waals surface area contributed by atoms with Crippen molar-refractivity contribution >= 4 is 28.6 Å². The number of carbonyl (C=O) groups excluding carboxylic acids is 3. The number of carbonyl (C=O) groups is 3. The van der Waals surface area contributed by atoms with Crippen LogP contribution in [0, 0.1) is 0 Å². The van der Waals surface area contributed by atoms with E-state index in [0.717, 1.165) is 0 Å². The Morgan fingerprint density at radius 3 is 2.74 bits per heavy atom. The van der Waals surface area contributed by atoms with Crippen LogP contribution in [-0.2, 0) is 16.6 Å². The SMILES string of the molecule is Cn1c(C(=O)NC2CCC(=O)NC2=O)cc(=O)c2ccccc21. The smallest absolute Gasteiger partial charge is 0.268 e. The van der Waals surface area contributed by atoms with Gasteiger partial charge in [0.2, 0.25) is 11.8 Å². The van der Waals surface area contributed by atoms with Gasteiger partial charge in [-0.15, -0.1) is 0 Å². The summed E-state index contributed by atoms with van der Waals surface area (Å²) in [5.41, 5.74) is 0.541. The lowest BCUT2D eigenvalue weighted by atomic mass is 10.1. The van der Waals surface area contributed by atoms with E-state index in [1.807, 2.05) is 0 Å². The Morgan fingerprint density at radius 1 is 1.26 bits per heavy atom. The molecule has 3 amide bonds. The highest BCUT2D eigenvalue weighted by molar-refractivity contribution is 6.03. The van der Waals surface area contributed by atoms with Gasteiger partial charge in [-0.25, -0.2) is 0 Å². The normalized spacial score (nSPS) is 17.9. The second kappa shape index (κ2) is 5.68. The molecule has 1 aromatic heterocycles. The molecule has 3 rings (SSSR count). The molecule has 1 aliphatic heterocycles. The summed E-state index contributed by atoms with van der Waals surface area (Å²) < 4.78 is 1.61. The van der Waals surface area contributed by atoms with Crippen LogP contribution in [0.1, 0.15) is 23.3 Å². The number of nitrogens with one attached hydrogen (secondary N) is 2. The number of piperidine rings is 1. The zero-order valence-corrected chi connectivity index (χ0v) is 12.5. The Morgan fingerprint density at radius 2 is 2.00 bits per heavy atom. The molecule has 0 bridgehead atoms. The van der Waals surface area contributed by atoms with Crippen LogP contribution < -0.4 is 16.1 Å². The van der Waals surface area contributed by atoms with E-state index in [1.54, 1.807) is 35.9 Å². The molecule has 1 unspecified atom stereocenters. The summed E-state index contributed by atoms with van der Waals surface area (Å²) in [5, 5.41) is 5.28. The largest absolute Gasteiger partial charge is 0.339 e. The van der Waals surface area contributed by atoms with Crippen LogP contribution in [0.4, 0.5) is 0 Å². The summed E-state index contributed by atoms with van der Waals surface area (Å²) in [4.78, 5) is 47.4. The standard InChI is InChI=1S/C16H15N3O4/c1-19-11-5-3-2-4-9(11)13(20)8-12(19)16(23)17-10-6-7-14(21)18-15(10)22/h2-5,8,10H,6-7H2,1H3,(H,17,23)(H,18,21,22). The summed E-state index contributed by atoms with van der Waals surface area (Å²) in [6.07, 6.45) is 0.422. The van der Waals surface area contributed by atoms with Crippen molar-refractivity contribution in [1.82, 2.24) is 15.2 Å². The number of fused-ring (bicyclic) bond motifs is 1. The number of para-hydroxylation sites is 1. The number of benzene rings is 1. The van der Waals surface area contributed by atoms with E-state index >= 15 is 0 Å². The molecule has 23 heavy (non-hydrogen) atoms. The van der Waals surface area contributed by atoms with Crippen LogP contribution in [-0.4, -0.2) is 28.3 Å². The van der Waals surface area contributed by atoms with Gasteiger partial charge in [0.1, 0.15) is 11.7 Å². The van der Waals surface area contributed by atoms with Gasteiger partial charge in [0.25, 0.3) is 5.91 Å². The summed E-state index contributed by atoms with van der Waals surface area (Å²) in [5.74, 6) is -1.40. The lowest BCUT2D eigenvalue weighted by molar-refractivity contribution is -0.134. The first-order valence-electron chi connectivity index (χ1n) is 7.20. The maximum atomic E-state index is 12.4. The average Bonchev–Trinajstić information content (AvgIpc) is 2.53. The minimum atomic E-state index is -0.776. The van der Waals surface area contributed by atoms with Crippen LogP contribution >= 0.6 is 0 Å². The predicted octanol–water partition coefficient (Wildman–Crippen LogP) is 0.0735. The highest BCUT2D eigenvalue weighted by atomic mass is 16.2. The molecular weight excluding hydrogens is 298 g/mol. The van der Waals surface area contributed by atoms with E-state index in [1.165, 1.54) is 6.07 Å². The molecule has 1 aliphatic rings. The number of aromatic nitrogens is 1. The fraction of sp³-hybridized carbons (Fsp3) is 0.250. The molecule has 7 heteroatoms. The first-order chi connectivity index (χ1) is 11.0. The number of hydrogen-bond acceptors (Lipinski definition) is 4. The number of aryl methyl sites for hydroxylation is 1. The van der Waals surface area contributed by atoms with Crippen molar-refractivity contribution in [2.75, 3.05) is 0 Å². The molecule has 2 heterocycles. The molecule has 2 aromatic rings. The number of imide groups is 1. The maximum Gasteiger partial charge on any atom is 0.268 e. The summed E-state index contributed by atoms with van der Waals surface area (Å²) in [6.45, 7) is 0. The Kier molecular flexibility index (Phi) is 3.69. The van der Waals surface area contributed by atoms with Gasteiger partial charge in [0, 0.05) is 24.9 Å². The van der Waals surface area contributed by atoms with Crippen molar-refractivity contribution in [2.24, 2.45) is 7.05 Å². The Hall–Kier alpha value is -2.96. The van der Waals surface area contributed by atoms with Crippen molar-refractivity contribution in [3.8, 4) is 0 Å². The van der Waals surface area contributed by atoms with Crippen LogP contribution in [0.15, 0.2) is 35.1 Å². The second-order valence-electron chi connectivity index (χ2n) is 5.45. The zero-order valence-electron chi connectivity index (χ0n) is 12.5. The van der Waals surface area contributed by atoms with Crippen LogP contribution in [0.25, 0.3) is 10.9 Å². The summed E-state index contributed by atoms with van der Waals surface area (Å²) in [6, 6.07) is 7.46. The third-order valence-corrected chi connectivity index (χ3v) is 3.94. The van der Waals surface area contributed by atoms with E-state index in [-0.39, 0.29) is 29.9 Å². The quantitative estimate of drug-likeness (QED) is 0.767. The fourth-order valence-corrected chi connectivity index (χ4v) is 2.68. The van der Waals surface area contributed by atoms with Crippen LogP contribution in [0.5, 0.6) is 0 Å². The molecule has 0 spiro atoms. The van der Waals surface area contributed by atoms with E-state index in [9.17, 15) is 19.2 Å². The monoisotopic (exact) mass is 313 g/mol. The fourth-order valence-electron chi connectivity index (χ4n) is 2.68. The molecule has 0 saturated carbocycles. The molecule has 7 nitrogen and oxygen atoms in total. The van der Waals surface area contributed by atoms with Gasteiger partial charge in [-0.05, 0) is 18.6 Å². The van der Waals surface area contributed by atoms with Crippen LogP contribution in [0.2, 0.25) is 0 Å². The first kappa shape index (κ1) is 15.0. The number of pyridine rings is 1. The lowest BCUT2D eigenvalue weighted by Crippen LogP contribution is -2.52. The van der Waals surface area contributed by atoms with Gasteiger partial charge in [-0.1, -0.05) is 12.1 Å². The highest BCUT2D eigenvalue weighted by Gasteiger charge is 2.28. The molecule has 1 fully saturated rings. The topological polar surface area (TPSA) is 97.3 Å². The minimum Gasteiger partial charge on any atom is -0.339 e.